The minimum absolute atomic E-state index is 0.0918. The number of hydrogen-bond acceptors (Lipinski definition) is 3. The molecule has 29 heavy (non-hydrogen) atoms. The van der Waals surface area contributed by atoms with E-state index in [0.29, 0.717) is 12.8 Å². The molecule has 168 valence electrons. The smallest absolute Gasteiger partial charge is 0.282 e. The van der Waals surface area contributed by atoms with Gasteiger partial charge in [-0.2, -0.15) is 0 Å². The molecule has 0 aromatic heterocycles. The highest BCUT2D eigenvalue weighted by molar-refractivity contribution is 5.27. The Balaban J connectivity index is 3.01. The third-order valence-electron chi connectivity index (χ3n) is 5.38. The van der Waals surface area contributed by atoms with E-state index < -0.39 is 52.5 Å². The standard InChI is InChI=1S/C21H31F5O3/c1-5-6-7-8-9-10-11-14(21(27,28-3)29-4)12-13(2)15-16(22)18(24)20(26)19(25)17(15)23/h13-14,27H,5-12H2,1-4H3. The number of halogens is 5. The summed E-state index contributed by atoms with van der Waals surface area (Å²) < 4.78 is 78.8. The van der Waals surface area contributed by atoms with Gasteiger partial charge >= 0.3 is 0 Å². The van der Waals surface area contributed by atoms with Gasteiger partial charge in [0.25, 0.3) is 5.97 Å². The molecule has 1 aromatic rings. The molecule has 0 aliphatic heterocycles. The van der Waals surface area contributed by atoms with Crippen molar-refractivity contribution in [2.24, 2.45) is 5.92 Å². The van der Waals surface area contributed by atoms with Crippen molar-refractivity contribution in [3.63, 3.8) is 0 Å². The predicted octanol–water partition coefficient (Wildman–Crippen LogP) is 6.18. The van der Waals surface area contributed by atoms with E-state index in [2.05, 4.69) is 6.92 Å². The van der Waals surface area contributed by atoms with Gasteiger partial charge in [-0.05, 0) is 18.8 Å². The van der Waals surface area contributed by atoms with Crippen molar-refractivity contribution >= 4 is 0 Å². The Morgan fingerprint density at radius 3 is 1.72 bits per heavy atom. The van der Waals surface area contributed by atoms with Crippen LogP contribution in [-0.2, 0) is 9.47 Å². The molecule has 8 heteroatoms. The highest BCUT2D eigenvalue weighted by atomic mass is 19.2. The van der Waals surface area contributed by atoms with Crippen LogP contribution in [0.3, 0.4) is 0 Å². The molecule has 0 aliphatic carbocycles. The molecular formula is C21H31F5O3. The fourth-order valence-electron chi connectivity index (χ4n) is 3.64. The van der Waals surface area contributed by atoms with Gasteiger partial charge in [0.2, 0.25) is 5.82 Å². The zero-order valence-corrected chi connectivity index (χ0v) is 17.5. The van der Waals surface area contributed by atoms with Crippen LogP contribution in [0.4, 0.5) is 22.0 Å². The molecule has 0 spiro atoms. The molecule has 2 atom stereocenters. The number of hydrogen-bond donors (Lipinski definition) is 1. The van der Waals surface area contributed by atoms with E-state index in [1.165, 1.54) is 21.1 Å². The lowest BCUT2D eigenvalue weighted by Crippen LogP contribution is -2.42. The van der Waals surface area contributed by atoms with Gasteiger partial charge in [0.15, 0.2) is 23.3 Å². The number of methoxy groups -OCH3 is 2. The fourth-order valence-corrected chi connectivity index (χ4v) is 3.64. The second kappa shape index (κ2) is 11.8. The molecule has 0 saturated carbocycles. The van der Waals surface area contributed by atoms with Crippen molar-refractivity contribution in [1.29, 1.82) is 0 Å². The van der Waals surface area contributed by atoms with Gasteiger partial charge in [-0.1, -0.05) is 52.4 Å². The summed E-state index contributed by atoms with van der Waals surface area (Å²) >= 11 is 0. The van der Waals surface area contributed by atoms with E-state index in [1.807, 2.05) is 0 Å². The first-order valence-electron chi connectivity index (χ1n) is 9.98. The Hall–Kier alpha value is -1.25. The maximum atomic E-state index is 14.1. The third-order valence-corrected chi connectivity index (χ3v) is 5.38. The molecule has 0 fully saturated rings. The molecule has 2 unspecified atom stereocenters. The van der Waals surface area contributed by atoms with Gasteiger partial charge < -0.3 is 14.6 Å². The highest BCUT2D eigenvalue weighted by Crippen LogP contribution is 2.37. The van der Waals surface area contributed by atoms with Crippen molar-refractivity contribution < 1.29 is 36.5 Å². The summed E-state index contributed by atoms with van der Waals surface area (Å²) in [4.78, 5) is 0. The van der Waals surface area contributed by atoms with E-state index in [9.17, 15) is 27.1 Å². The fraction of sp³-hybridized carbons (Fsp3) is 0.714. The lowest BCUT2D eigenvalue weighted by Gasteiger charge is -2.34. The predicted molar refractivity (Wildman–Crippen MR) is 99.7 cm³/mol. The SMILES string of the molecule is CCCCCCCCC(CC(C)c1c(F)c(F)c(F)c(F)c1F)C(O)(OC)OC. The Morgan fingerprint density at radius 1 is 0.793 bits per heavy atom. The number of rotatable bonds is 13. The number of aliphatic hydroxyl groups is 1. The first-order chi connectivity index (χ1) is 13.6. The summed E-state index contributed by atoms with van der Waals surface area (Å²) in [6, 6.07) is 0. The van der Waals surface area contributed by atoms with Crippen molar-refractivity contribution in [2.75, 3.05) is 14.2 Å². The molecule has 0 heterocycles. The summed E-state index contributed by atoms with van der Waals surface area (Å²) in [6.07, 6.45) is 6.22. The molecular weight excluding hydrogens is 395 g/mol. The maximum Gasteiger partial charge on any atom is 0.282 e. The second-order valence-corrected chi connectivity index (χ2v) is 7.41. The molecule has 1 N–H and O–H groups in total. The molecule has 0 amide bonds. The average Bonchev–Trinajstić information content (AvgIpc) is 2.71. The quantitative estimate of drug-likeness (QED) is 0.135. The van der Waals surface area contributed by atoms with Crippen LogP contribution in [0.5, 0.6) is 0 Å². The lowest BCUT2D eigenvalue weighted by atomic mass is 9.85. The molecule has 0 bridgehead atoms. The van der Waals surface area contributed by atoms with E-state index in [-0.39, 0.29) is 6.42 Å². The Bertz CT molecular complexity index is 621. The number of benzene rings is 1. The van der Waals surface area contributed by atoms with E-state index in [0.717, 1.165) is 32.1 Å². The Kier molecular flexibility index (Phi) is 10.5. The van der Waals surface area contributed by atoms with Gasteiger partial charge in [-0.3, -0.25) is 0 Å². The van der Waals surface area contributed by atoms with E-state index in [1.54, 1.807) is 0 Å². The molecule has 3 nitrogen and oxygen atoms in total. The Morgan fingerprint density at radius 2 is 1.24 bits per heavy atom. The van der Waals surface area contributed by atoms with E-state index >= 15 is 0 Å². The minimum atomic E-state index is -2.19. The summed E-state index contributed by atoms with van der Waals surface area (Å²) in [5.41, 5.74) is -0.899. The minimum Gasteiger partial charge on any atom is -0.343 e. The van der Waals surface area contributed by atoms with Crippen LogP contribution in [0.1, 0.15) is 76.7 Å². The first-order valence-corrected chi connectivity index (χ1v) is 9.98. The second-order valence-electron chi connectivity index (χ2n) is 7.41. The zero-order chi connectivity index (χ0) is 22.2. The van der Waals surface area contributed by atoms with Crippen LogP contribution >= 0.6 is 0 Å². The van der Waals surface area contributed by atoms with Gasteiger partial charge in [-0.15, -0.1) is 0 Å². The van der Waals surface area contributed by atoms with E-state index in [4.69, 9.17) is 9.47 Å². The van der Waals surface area contributed by atoms with Crippen LogP contribution in [0.2, 0.25) is 0 Å². The normalized spacial score (nSPS) is 14.3. The van der Waals surface area contributed by atoms with Crippen molar-refractivity contribution in [2.45, 2.75) is 77.1 Å². The first kappa shape index (κ1) is 25.8. The average molecular weight is 426 g/mol. The number of unbranched alkanes of at least 4 members (excludes halogenated alkanes) is 5. The van der Waals surface area contributed by atoms with Crippen LogP contribution in [0, 0.1) is 35.0 Å². The molecule has 1 aromatic carbocycles. The van der Waals surface area contributed by atoms with Gasteiger partial charge in [0.05, 0.1) is 0 Å². The molecule has 0 radical (unpaired) electrons. The maximum absolute atomic E-state index is 14.1. The monoisotopic (exact) mass is 426 g/mol. The van der Waals surface area contributed by atoms with Crippen LogP contribution in [0.15, 0.2) is 0 Å². The number of ether oxygens (including phenoxy) is 2. The van der Waals surface area contributed by atoms with Crippen LogP contribution in [0.25, 0.3) is 0 Å². The van der Waals surface area contributed by atoms with Crippen LogP contribution < -0.4 is 0 Å². The molecule has 0 aliphatic rings. The van der Waals surface area contributed by atoms with Gasteiger partial charge in [0, 0.05) is 25.7 Å². The topological polar surface area (TPSA) is 38.7 Å². The summed E-state index contributed by atoms with van der Waals surface area (Å²) in [7, 11) is 2.45. The zero-order valence-electron chi connectivity index (χ0n) is 17.5. The summed E-state index contributed by atoms with van der Waals surface area (Å²) in [6.45, 7) is 3.45. The highest BCUT2D eigenvalue weighted by Gasteiger charge is 2.39. The van der Waals surface area contributed by atoms with Crippen molar-refractivity contribution in [3.05, 3.63) is 34.6 Å². The summed E-state index contributed by atoms with van der Waals surface area (Å²) in [5.74, 6) is -13.7. The molecule has 0 saturated heterocycles. The van der Waals surface area contributed by atoms with Gasteiger partial charge in [-0.25, -0.2) is 22.0 Å². The molecule has 1 rings (SSSR count). The van der Waals surface area contributed by atoms with Crippen LogP contribution in [-0.4, -0.2) is 25.3 Å². The van der Waals surface area contributed by atoms with Gasteiger partial charge in [0.1, 0.15) is 0 Å². The summed E-state index contributed by atoms with van der Waals surface area (Å²) in [5, 5.41) is 10.6. The Labute approximate surface area is 169 Å². The van der Waals surface area contributed by atoms with Crippen molar-refractivity contribution in [1.82, 2.24) is 0 Å². The largest absolute Gasteiger partial charge is 0.343 e. The third kappa shape index (κ3) is 6.36. The van der Waals surface area contributed by atoms with Crippen molar-refractivity contribution in [3.8, 4) is 0 Å². The lowest BCUT2D eigenvalue weighted by molar-refractivity contribution is -0.369.